The SMILES string of the molecule is Cc1cn2c(NCc3c(F)ccc4c3CCO4)ncc(-c3ccc(C(=O)N(C)C)c(F)c3Cl)c2n1. The van der Waals surface area contributed by atoms with E-state index in [2.05, 4.69) is 15.3 Å². The number of aromatic nitrogens is 3. The van der Waals surface area contributed by atoms with Crippen LogP contribution in [0.4, 0.5) is 14.7 Å². The Balaban J connectivity index is 1.53. The molecule has 0 fully saturated rings. The third kappa shape index (κ3) is 3.95. The molecule has 7 nitrogen and oxygen atoms in total. The van der Waals surface area contributed by atoms with Gasteiger partial charge in [-0.3, -0.25) is 9.20 Å². The maximum Gasteiger partial charge on any atom is 0.256 e. The Kier molecular flexibility index (Phi) is 5.80. The van der Waals surface area contributed by atoms with E-state index in [9.17, 15) is 9.18 Å². The third-order valence-electron chi connectivity index (χ3n) is 5.98. The quantitative estimate of drug-likeness (QED) is 0.425. The van der Waals surface area contributed by atoms with Crippen molar-refractivity contribution in [2.45, 2.75) is 19.9 Å². The minimum absolute atomic E-state index is 0.119. The molecule has 35 heavy (non-hydrogen) atoms. The lowest BCUT2D eigenvalue weighted by Crippen LogP contribution is -2.23. The molecule has 0 saturated heterocycles. The first-order valence-corrected chi connectivity index (χ1v) is 11.4. The average Bonchev–Trinajstić information content (AvgIpc) is 3.46. The second kappa shape index (κ2) is 8.81. The van der Waals surface area contributed by atoms with Gasteiger partial charge in [-0.2, -0.15) is 0 Å². The molecule has 2 aromatic heterocycles. The summed E-state index contributed by atoms with van der Waals surface area (Å²) in [6, 6.07) is 6.03. The van der Waals surface area contributed by atoms with Gasteiger partial charge >= 0.3 is 0 Å². The fourth-order valence-electron chi connectivity index (χ4n) is 4.25. The maximum atomic E-state index is 15.0. The van der Waals surface area contributed by atoms with Crippen molar-refractivity contribution in [1.82, 2.24) is 19.3 Å². The van der Waals surface area contributed by atoms with Crippen molar-refractivity contribution < 1.29 is 18.3 Å². The summed E-state index contributed by atoms with van der Waals surface area (Å²) < 4.78 is 36.8. The number of carbonyl (C=O) groups is 1. The van der Waals surface area contributed by atoms with Crippen molar-refractivity contribution in [1.29, 1.82) is 0 Å². The van der Waals surface area contributed by atoms with E-state index in [1.807, 2.05) is 6.92 Å². The van der Waals surface area contributed by atoms with Gasteiger partial charge in [0.05, 0.1) is 22.9 Å². The van der Waals surface area contributed by atoms with E-state index < -0.39 is 11.7 Å². The van der Waals surface area contributed by atoms with E-state index in [-0.39, 0.29) is 22.9 Å². The molecular weight excluding hydrogens is 476 g/mol. The first-order valence-electron chi connectivity index (χ1n) is 11.0. The number of hydrogen-bond donors (Lipinski definition) is 1. The van der Waals surface area contributed by atoms with E-state index in [0.29, 0.717) is 52.8 Å². The van der Waals surface area contributed by atoms with Gasteiger partial charge in [0.2, 0.25) is 5.95 Å². The maximum absolute atomic E-state index is 15.0. The zero-order valence-electron chi connectivity index (χ0n) is 19.3. The van der Waals surface area contributed by atoms with Crippen molar-refractivity contribution in [3.63, 3.8) is 0 Å². The van der Waals surface area contributed by atoms with Crippen LogP contribution >= 0.6 is 11.6 Å². The number of anilines is 1. The molecule has 2 aromatic carbocycles. The highest BCUT2D eigenvalue weighted by atomic mass is 35.5. The van der Waals surface area contributed by atoms with Crippen molar-refractivity contribution in [2.75, 3.05) is 26.0 Å². The minimum atomic E-state index is -0.804. The Labute approximate surface area is 205 Å². The summed E-state index contributed by atoms with van der Waals surface area (Å²) in [6.45, 7) is 2.55. The second-order valence-corrected chi connectivity index (χ2v) is 8.89. The van der Waals surface area contributed by atoms with Crippen molar-refractivity contribution in [2.24, 2.45) is 0 Å². The summed E-state index contributed by atoms with van der Waals surface area (Å²) in [6.07, 6.45) is 3.96. The van der Waals surface area contributed by atoms with Crippen LogP contribution in [0.5, 0.6) is 5.75 Å². The Morgan fingerprint density at radius 2 is 2.03 bits per heavy atom. The van der Waals surface area contributed by atoms with E-state index in [1.165, 1.54) is 23.2 Å². The van der Waals surface area contributed by atoms with Crippen LogP contribution < -0.4 is 10.1 Å². The Hall–Kier alpha value is -3.72. The lowest BCUT2D eigenvalue weighted by atomic mass is 10.0. The van der Waals surface area contributed by atoms with Crippen molar-refractivity contribution >= 4 is 29.1 Å². The molecule has 4 aromatic rings. The highest BCUT2D eigenvalue weighted by Gasteiger charge is 2.23. The first kappa shape index (κ1) is 23.0. The summed E-state index contributed by atoms with van der Waals surface area (Å²) in [5.74, 6) is -0.465. The number of nitrogens with one attached hydrogen (secondary N) is 1. The van der Waals surface area contributed by atoms with Crippen LogP contribution in [0.25, 0.3) is 16.8 Å². The number of ether oxygens (including phenoxy) is 1. The highest BCUT2D eigenvalue weighted by Crippen LogP contribution is 2.35. The topological polar surface area (TPSA) is 71.8 Å². The van der Waals surface area contributed by atoms with Gasteiger partial charge in [0.1, 0.15) is 17.2 Å². The first-order chi connectivity index (χ1) is 16.8. The molecule has 0 atom stereocenters. The van der Waals surface area contributed by atoms with Gasteiger partial charge in [-0.15, -0.1) is 0 Å². The average molecular weight is 498 g/mol. The number of benzene rings is 2. The molecule has 10 heteroatoms. The molecule has 0 radical (unpaired) electrons. The molecular formula is C25H22ClF2N5O2. The third-order valence-corrected chi connectivity index (χ3v) is 6.35. The van der Waals surface area contributed by atoms with Gasteiger partial charge in [0, 0.05) is 61.7 Å². The molecule has 1 aliphatic rings. The van der Waals surface area contributed by atoms with Crippen LogP contribution in [0.2, 0.25) is 5.02 Å². The standard InChI is InChI=1S/C25H22ClF2N5O2/c1-13-12-33-23(31-13)18(15-4-5-16(22(28)21(15)26)24(34)32(2)3)11-30-25(33)29-10-17-14-8-9-35-20(14)7-6-19(17)27/h4-7,11-12H,8-10H2,1-3H3,(H,29,30). The van der Waals surface area contributed by atoms with Crippen LogP contribution in [0.1, 0.15) is 27.2 Å². The molecule has 1 N–H and O–H groups in total. The number of amides is 1. The number of rotatable bonds is 5. The molecule has 1 amide bonds. The van der Waals surface area contributed by atoms with E-state index in [0.717, 1.165) is 5.56 Å². The number of nitrogens with zero attached hydrogens (tertiary/aromatic N) is 4. The van der Waals surface area contributed by atoms with Gasteiger partial charge < -0.3 is 15.0 Å². The van der Waals surface area contributed by atoms with Crippen LogP contribution in [0.3, 0.4) is 0 Å². The van der Waals surface area contributed by atoms with Crippen molar-refractivity contribution in [3.8, 4) is 16.9 Å². The zero-order chi connectivity index (χ0) is 24.9. The minimum Gasteiger partial charge on any atom is -0.493 e. The number of fused-ring (bicyclic) bond motifs is 2. The Morgan fingerprint density at radius 1 is 1.23 bits per heavy atom. The molecule has 0 bridgehead atoms. The summed E-state index contributed by atoms with van der Waals surface area (Å²) >= 11 is 6.36. The van der Waals surface area contributed by atoms with Crippen molar-refractivity contribution in [3.05, 3.63) is 75.7 Å². The molecule has 0 aliphatic carbocycles. The van der Waals surface area contributed by atoms with Gasteiger partial charge in [-0.1, -0.05) is 17.7 Å². The summed E-state index contributed by atoms with van der Waals surface area (Å²) in [7, 11) is 3.08. The normalized spacial score (nSPS) is 12.5. The summed E-state index contributed by atoms with van der Waals surface area (Å²) in [5, 5.41) is 3.00. The molecule has 1 aliphatic heterocycles. The highest BCUT2D eigenvalue weighted by molar-refractivity contribution is 6.34. The molecule has 0 saturated carbocycles. The molecule has 5 rings (SSSR count). The molecule has 0 unspecified atom stereocenters. The fraction of sp³-hybridized carbons (Fsp3) is 0.240. The van der Waals surface area contributed by atoms with E-state index >= 15 is 4.39 Å². The van der Waals surface area contributed by atoms with Crippen LogP contribution in [0, 0.1) is 18.6 Å². The molecule has 180 valence electrons. The van der Waals surface area contributed by atoms with Gasteiger partial charge in [-0.05, 0) is 25.1 Å². The van der Waals surface area contributed by atoms with Crippen LogP contribution in [0.15, 0.2) is 36.7 Å². The summed E-state index contributed by atoms with van der Waals surface area (Å²) in [5.41, 5.74) is 3.32. The molecule has 3 heterocycles. The zero-order valence-corrected chi connectivity index (χ0v) is 20.1. The Bertz CT molecular complexity index is 1480. The fourth-order valence-corrected chi connectivity index (χ4v) is 4.52. The lowest BCUT2D eigenvalue weighted by Gasteiger charge is -2.15. The number of aryl methyl sites for hydroxylation is 1. The van der Waals surface area contributed by atoms with Crippen LogP contribution in [-0.2, 0) is 13.0 Å². The predicted molar refractivity (Wildman–Crippen MR) is 129 cm³/mol. The van der Waals surface area contributed by atoms with Gasteiger partial charge in [0.15, 0.2) is 5.82 Å². The largest absolute Gasteiger partial charge is 0.493 e. The predicted octanol–water partition coefficient (Wildman–Crippen LogP) is 4.89. The van der Waals surface area contributed by atoms with Gasteiger partial charge in [-0.25, -0.2) is 18.7 Å². The number of halogens is 3. The van der Waals surface area contributed by atoms with E-state index in [1.54, 1.807) is 36.8 Å². The monoisotopic (exact) mass is 497 g/mol. The molecule has 0 spiro atoms. The smallest absolute Gasteiger partial charge is 0.256 e. The van der Waals surface area contributed by atoms with E-state index in [4.69, 9.17) is 16.3 Å². The Morgan fingerprint density at radius 3 is 2.80 bits per heavy atom. The van der Waals surface area contributed by atoms with Crippen LogP contribution in [-0.4, -0.2) is 45.9 Å². The lowest BCUT2D eigenvalue weighted by molar-refractivity contribution is 0.0823. The van der Waals surface area contributed by atoms with Gasteiger partial charge in [0.25, 0.3) is 5.91 Å². The number of hydrogen-bond acceptors (Lipinski definition) is 5. The number of carbonyl (C=O) groups excluding carboxylic acids is 1. The second-order valence-electron chi connectivity index (χ2n) is 8.51. The number of imidazole rings is 1. The summed E-state index contributed by atoms with van der Waals surface area (Å²) in [4.78, 5) is 22.6.